The van der Waals surface area contributed by atoms with E-state index in [0.717, 1.165) is 22.3 Å². The van der Waals surface area contributed by atoms with Crippen LogP contribution in [-0.4, -0.2) is 55.2 Å². The molecule has 41 heavy (non-hydrogen) atoms. The van der Waals surface area contributed by atoms with Gasteiger partial charge in [0.1, 0.15) is 11.4 Å². The van der Waals surface area contributed by atoms with E-state index in [4.69, 9.17) is 4.99 Å². The third kappa shape index (κ3) is 7.77. The molecule has 3 aliphatic rings. The van der Waals surface area contributed by atoms with Crippen molar-refractivity contribution in [2.24, 2.45) is 16.8 Å². The number of alkyl halides is 3. The zero-order valence-electron chi connectivity index (χ0n) is 23.8. The lowest BCUT2D eigenvalue weighted by atomic mass is 9.79. The van der Waals surface area contributed by atoms with Crippen LogP contribution < -0.4 is 10.6 Å². The molecule has 2 N–H and O–H groups in total. The Hall–Kier alpha value is -2.73. The summed E-state index contributed by atoms with van der Waals surface area (Å²) in [7, 11) is -3.73. The highest BCUT2D eigenvalue weighted by atomic mass is 32.2. The van der Waals surface area contributed by atoms with Gasteiger partial charge in [0.25, 0.3) is 5.91 Å². The van der Waals surface area contributed by atoms with Gasteiger partial charge < -0.3 is 10.6 Å². The number of halogens is 3. The van der Waals surface area contributed by atoms with E-state index in [0.29, 0.717) is 38.1 Å². The standard InChI is InChI=1S/C29H39F3N4O4S/c1-19-16-23(18-33-21(3)37)17-20(2)25(19)9-15-41(39,40)36-13-11-28(12-14-36)27(38)34-26(35-28)24-6-4-22(5-7-24)8-10-29(30,31)32/h9,15-17,22,24H,4-8,10-14,18H2,1-3H3,(H,33,37)(H,34,35,38). The number of carbonyl (C=O) groups excluding carboxylic acids is 2. The van der Waals surface area contributed by atoms with E-state index in [9.17, 15) is 31.2 Å². The minimum Gasteiger partial charge on any atom is -0.352 e. The predicted octanol–water partition coefficient (Wildman–Crippen LogP) is 4.75. The summed E-state index contributed by atoms with van der Waals surface area (Å²) in [6.45, 7) is 5.96. The van der Waals surface area contributed by atoms with Gasteiger partial charge in [0.15, 0.2) is 0 Å². The van der Waals surface area contributed by atoms with Crippen LogP contribution in [0.25, 0.3) is 6.08 Å². The van der Waals surface area contributed by atoms with Crippen molar-refractivity contribution in [3.05, 3.63) is 39.8 Å². The van der Waals surface area contributed by atoms with E-state index in [1.165, 1.54) is 16.6 Å². The lowest BCUT2D eigenvalue weighted by molar-refractivity contribution is -0.138. The SMILES string of the molecule is CC(=O)NCc1cc(C)c(C=CS(=O)(=O)N2CCC3(CC2)N=C(C2CCC(CCC(F)(F)F)CC2)NC3=O)c(C)c1. The van der Waals surface area contributed by atoms with Crippen molar-refractivity contribution in [2.45, 2.75) is 90.4 Å². The number of hydrogen-bond donors (Lipinski definition) is 2. The molecule has 4 rings (SSSR count). The molecule has 1 aromatic rings. The van der Waals surface area contributed by atoms with Crippen molar-refractivity contribution in [3.8, 4) is 0 Å². The fourth-order valence-electron chi connectivity index (χ4n) is 6.17. The molecule has 8 nitrogen and oxygen atoms in total. The summed E-state index contributed by atoms with van der Waals surface area (Å²) >= 11 is 0. The van der Waals surface area contributed by atoms with Gasteiger partial charge in [-0.2, -0.15) is 17.5 Å². The first kappa shape index (κ1) is 31.2. The molecule has 12 heteroatoms. The second kappa shape index (κ2) is 12.2. The Balaban J connectivity index is 1.35. The number of amidine groups is 1. The first-order valence-corrected chi connectivity index (χ1v) is 15.7. The lowest BCUT2D eigenvalue weighted by Gasteiger charge is -2.34. The summed E-state index contributed by atoms with van der Waals surface area (Å²) in [4.78, 5) is 29.0. The van der Waals surface area contributed by atoms with Crippen molar-refractivity contribution in [1.29, 1.82) is 0 Å². The van der Waals surface area contributed by atoms with Crippen molar-refractivity contribution in [1.82, 2.24) is 14.9 Å². The summed E-state index contributed by atoms with van der Waals surface area (Å²) in [5.41, 5.74) is 2.53. The molecular weight excluding hydrogens is 557 g/mol. The van der Waals surface area contributed by atoms with E-state index in [1.54, 1.807) is 6.08 Å². The quantitative estimate of drug-likeness (QED) is 0.452. The number of aliphatic imine (C=N–C) groups is 1. The summed E-state index contributed by atoms with van der Waals surface area (Å²) in [5, 5.41) is 6.88. The average molecular weight is 597 g/mol. The van der Waals surface area contributed by atoms with Gasteiger partial charge in [0.05, 0.1) is 0 Å². The maximum atomic E-state index is 13.2. The third-order valence-electron chi connectivity index (χ3n) is 8.58. The fourth-order valence-corrected chi connectivity index (χ4v) is 7.34. The van der Waals surface area contributed by atoms with E-state index >= 15 is 0 Å². The number of nitrogens with zero attached hydrogens (tertiary/aromatic N) is 2. The van der Waals surface area contributed by atoms with Gasteiger partial charge in [-0.3, -0.25) is 14.6 Å². The van der Waals surface area contributed by atoms with E-state index in [2.05, 4.69) is 10.6 Å². The number of piperidine rings is 1. The van der Waals surface area contributed by atoms with Gasteiger partial charge in [0, 0.05) is 44.3 Å². The second-order valence-corrected chi connectivity index (χ2v) is 13.5. The number of carbonyl (C=O) groups is 2. The van der Waals surface area contributed by atoms with Crippen LogP contribution in [0.15, 0.2) is 22.5 Å². The van der Waals surface area contributed by atoms with Crippen molar-refractivity contribution in [3.63, 3.8) is 0 Å². The number of benzene rings is 1. The van der Waals surface area contributed by atoms with Crippen molar-refractivity contribution < 1.29 is 31.2 Å². The Morgan fingerprint density at radius 1 is 1.15 bits per heavy atom. The highest BCUT2D eigenvalue weighted by molar-refractivity contribution is 7.92. The first-order valence-electron chi connectivity index (χ1n) is 14.2. The van der Waals surface area contributed by atoms with Gasteiger partial charge in [-0.1, -0.05) is 12.1 Å². The summed E-state index contributed by atoms with van der Waals surface area (Å²) in [6.07, 6.45) is 0.116. The molecule has 2 aliphatic heterocycles. The van der Waals surface area contributed by atoms with E-state index < -0.39 is 28.2 Å². The first-order chi connectivity index (χ1) is 19.2. The van der Waals surface area contributed by atoms with Crippen LogP contribution in [0.4, 0.5) is 13.2 Å². The highest BCUT2D eigenvalue weighted by Gasteiger charge is 2.48. The number of sulfonamides is 1. The Kier molecular flexibility index (Phi) is 9.32. The molecule has 0 aromatic heterocycles. The molecule has 0 radical (unpaired) electrons. The maximum absolute atomic E-state index is 13.2. The lowest BCUT2D eigenvalue weighted by Crippen LogP contribution is -2.50. The van der Waals surface area contributed by atoms with Gasteiger partial charge in [-0.05, 0) is 93.0 Å². The minimum atomic E-state index is -4.14. The fraction of sp³-hybridized carbons (Fsp3) is 0.621. The normalized spacial score (nSPS) is 23.6. The van der Waals surface area contributed by atoms with Crippen LogP contribution >= 0.6 is 0 Å². The van der Waals surface area contributed by atoms with Crippen molar-refractivity contribution >= 4 is 33.7 Å². The molecular formula is C29H39F3N4O4S. The van der Waals surface area contributed by atoms with Crippen LogP contribution in [0.3, 0.4) is 0 Å². The smallest absolute Gasteiger partial charge is 0.352 e. The third-order valence-corrected chi connectivity index (χ3v) is 10.1. The maximum Gasteiger partial charge on any atom is 0.389 e. The number of amides is 2. The Morgan fingerprint density at radius 3 is 2.32 bits per heavy atom. The molecule has 1 aliphatic carbocycles. The molecule has 226 valence electrons. The molecule has 0 bridgehead atoms. The van der Waals surface area contributed by atoms with Crippen LogP contribution in [0, 0.1) is 25.7 Å². The molecule has 0 atom stereocenters. The average Bonchev–Trinajstić information content (AvgIpc) is 3.21. The molecule has 1 spiro atoms. The highest BCUT2D eigenvalue weighted by Crippen LogP contribution is 2.38. The Morgan fingerprint density at radius 2 is 1.76 bits per heavy atom. The van der Waals surface area contributed by atoms with Gasteiger partial charge >= 0.3 is 6.18 Å². The monoisotopic (exact) mass is 596 g/mol. The minimum absolute atomic E-state index is 0.0151. The van der Waals surface area contributed by atoms with Gasteiger partial charge in [-0.25, -0.2) is 8.42 Å². The molecule has 2 amide bonds. The van der Waals surface area contributed by atoms with Crippen molar-refractivity contribution in [2.75, 3.05) is 13.1 Å². The molecule has 1 saturated heterocycles. The molecule has 1 aromatic carbocycles. The summed E-state index contributed by atoms with van der Waals surface area (Å²) in [5.74, 6) is 0.316. The van der Waals surface area contributed by atoms with Crippen LogP contribution in [0.5, 0.6) is 0 Å². The number of hydrogen-bond acceptors (Lipinski definition) is 5. The number of nitrogens with one attached hydrogen (secondary N) is 2. The largest absolute Gasteiger partial charge is 0.389 e. The predicted molar refractivity (Wildman–Crippen MR) is 151 cm³/mol. The second-order valence-electron chi connectivity index (χ2n) is 11.7. The number of aryl methyl sites for hydroxylation is 2. The molecule has 2 fully saturated rings. The van der Waals surface area contributed by atoms with Gasteiger partial charge in [0.2, 0.25) is 15.9 Å². The van der Waals surface area contributed by atoms with Crippen LogP contribution in [0.1, 0.15) is 80.5 Å². The Labute approximate surface area is 239 Å². The summed E-state index contributed by atoms with van der Waals surface area (Å²) in [6, 6.07) is 3.84. The number of rotatable bonds is 8. The topological polar surface area (TPSA) is 108 Å². The Bertz CT molecular complexity index is 1300. The van der Waals surface area contributed by atoms with Crippen LogP contribution in [-0.2, 0) is 26.2 Å². The molecule has 2 heterocycles. The molecule has 1 saturated carbocycles. The zero-order valence-corrected chi connectivity index (χ0v) is 24.6. The summed E-state index contributed by atoms with van der Waals surface area (Å²) < 4.78 is 65.4. The zero-order chi connectivity index (χ0) is 30.0. The van der Waals surface area contributed by atoms with Crippen LogP contribution in [0.2, 0.25) is 0 Å². The molecule has 0 unspecified atom stereocenters. The van der Waals surface area contributed by atoms with E-state index in [-0.39, 0.29) is 56.0 Å². The van der Waals surface area contributed by atoms with Gasteiger partial charge in [-0.15, -0.1) is 0 Å². The van der Waals surface area contributed by atoms with E-state index in [1.807, 2.05) is 26.0 Å².